The van der Waals surface area contributed by atoms with E-state index in [1.165, 1.54) is 0 Å². The maximum absolute atomic E-state index is 13.0. The van der Waals surface area contributed by atoms with Gasteiger partial charge in [0.2, 0.25) is 5.91 Å². The number of nitrogens with zero attached hydrogens (tertiary/aromatic N) is 2. The number of H-pyrrole nitrogens is 1. The molecule has 1 aromatic carbocycles. The van der Waals surface area contributed by atoms with Crippen molar-refractivity contribution in [3.63, 3.8) is 0 Å². The Bertz CT molecular complexity index is 1010. The van der Waals surface area contributed by atoms with Crippen molar-refractivity contribution in [1.29, 1.82) is 0 Å². The summed E-state index contributed by atoms with van der Waals surface area (Å²) in [6, 6.07) is 13.6. The van der Waals surface area contributed by atoms with Crippen LogP contribution in [0.15, 0.2) is 54.9 Å². The number of ketones is 1. The van der Waals surface area contributed by atoms with Gasteiger partial charge in [-0.05, 0) is 24.3 Å². The van der Waals surface area contributed by atoms with E-state index < -0.39 is 0 Å². The second kappa shape index (κ2) is 7.31. The van der Waals surface area contributed by atoms with Gasteiger partial charge in [-0.15, -0.1) is 0 Å². The summed E-state index contributed by atoms with van der Waals surface area (Å²) in [5, 5.41) is 3.41. The lowest BCUT2D eigenvalue weighted by atomic mass is 9.85. The third-order valence-electron chi connectivity index (χ3n) is 5.04. The van der Waals surface area contributed by atoms with Crippen LogP contribution in [0.5, 0.6) is 0 Å². The first kappa shape index (κ1) is 18.0. The molecule has 6 nitrogen and oxygen atoms in total. The molecule has 1 atom stereocenters. The molecule has 0 radical (unpaired) electrons. The Morgan fingerprint density at radius 1 is 1.11 bits per heavy atom. The summed E-state index contributed by atoms with van der Waals surface area (Å²) in [5.74, 6) is -0.364. The van der Waals surface area contributed by atoms with Crippen molar-refractivity contribution in [2.45, 2.75) is 12.8 Å². The molecule has 0 aliphatic heterocycles. The van der Waals surface area contributed by atoms with E-state index in [4.69, 9.17) is 0 Å². The van der Waals surface area contributed by atoms with Crippen LogP contribution < -0.4 is 5.32 Å². The minimum Gasteiger partial charge on any atom is -0.356 e. The van der Waals surface area contributed by atoms with Gasteiger partial charge < -0.3 is 15.2 Å². The van der Waals surface area contributed by atoms with Crippen molar-refractivity contribution in [2.75, 3.05) is 19.4 Å². The Morgan fingerprint density at radius 2 is 1.82 bits per heavy atom. The van der Waals surface area contributed by atoms with E-state index in [1.807, 2.05) is 42.5 Å². The number of nitrogens with one attached hydrogen (secondary N) is 2. The SMILES string of the molecule is CN(C)C(=O)[C@@H]1CC(=O)c2c([nH]c(-c3ccncc3)c2Nc2ccccc2)C1. The van der Waals surface area contributed by atoms with Gasteiger partial charge in [0, 0.05) is 56.3 Å². The van der Waals surface area contributed by atoms with Crippen LogP contribution in [-0.4, -0.2) is 40.7 Å². The molecule has 142 valence electrons. The van der Waals surface area contributed by atoms with E-state index in [9.17, 15) is 9.59 Å². The average molecular weight is 374 g/mol. The van der Waals surface area contributed by atoms with Crippen LogP contribution >= 0.6 is 0 Å². The second-order valence-corrected chi connectivity index (χ2v) is 7.22. The Kier molecular flexibility index (Phi) is 4.69. The average Bonchev–Trinajstić information content (AvgIpc) is 3.07. The van der Waals surface area contributed by atoms with Crippen molar-refractivity contribution >= 4 is 23.1 Å². The maximum Gasteiger partial charge on any atom is 0.226 e. The highest BCUT2D eigenvalue weighted by Crippen LogP contribution is 2.40. The summed E-state index contributed by atoms with van der Waals surface area (Å²) >= 11 is 0. The molecule has 0 saturated carbocycles. The first-order chi connectivity index (χ1) is 13.5. The van der Waals surface area contributed by atoms with Gasteiger partial charge >= 0.3 is 0 Å². The summed E-state index contributed by atoms with van der Waals surface area (Å²) in [7, 11) is 3.45. The number of hydrogen-bond donors (Lipinski definition) is 2. The molecule has 6 heteroatoms. The van der Waals surface area contributed by atoms with Crippen LogP contribution in [0.2, 0.25) is 0 Å². The smallest absolute Gasteiger partial charge is 0.226 e. The summed E-state index contributed by atoms with van der Waals surface area (Å²) in [5.41, 5.74) is 4.89. The van der Waals surface area contributed by atoms with Gasteiger partial charge in [-0.1, -0.05) is 18.2 Å². The number of carbonyl (C=O) groups is 2. The van der Waals surface area contributed by atoms with Crippen molar-refractivity contribution in [2.24, 2.45) is 5.92 Å². The lowest BCUT2D eigenvalue weighted by molar-refractivity contribution is -0.133. The van der Waals surface area contributed by atoms with E-state index in [1.54, 1.807) is 31.4 Å². The van der Waals surface area contributed by atoms with Gasteiger partial charge in [0.15, 0.2) is 5.78 Å². The largest absolute Gasteiger partial charge is 0.356 e. The van der Waals surface area contributed by atoms with Gasteiger partial charge in [0.05, 0.1) is 22.9 Å². The number of Topliss-reactive ketones (excluding diaryl/α,β-unsaturated/α-hetero) is 1. The zero-order valence-electron chi connectivity index (χ0n) is 15.9. The summed E-state index contributed by atoms with van der Waals surface area (Å²) in [4.78, 5) is 34.5. The Hall–Kier alpha value is -3.41. The normalized spacial score (nSPS) is 15.8. The maximum atomic E-state index is 13.0. The number of rotatable bonds is 4. The lowest BCUT2D eigenvalue weighted by Gasteiger charge is -2.24. The highest BCUT2D eigenvalue weighted by atomic mass is 16.2. The Morgan fingerprint density at radius 3 is 2.50 bits per heavy atom. The fourth-order valence-electron chi connectivity index (χ4n) is 3.72. The standard InChI is InChI=1S/C22H22N4O2/c1-26(2)22(28)15-12-17-19(18(27)13-15)21(24-16-6-4-3-5-7-16)20(25-17)14-8-10-23-11-9-14/h3-11,15,24-25H,12-13H2,1-2H3/t15-/m0/s1. The number of pyridine rings is 1. The Balaban J connectivity index is 1.81. The zero-order valence-corrected chi connectivity index (χ0v) is 15.9. The molecule has 2 heterocycles. The summed E-state index contributed by atoms with van der Waals surface area (Å²) in [6.07, 6.45) is 4.19. The highest BCUT2D eigenvalue weighted by Gasteiger charge is 2.35. The van der Waals surface area contributed by atoms with Gasteiger partial charge in [-0.25, -0.2) is 0 Å². The van der Waals surface area contributed by atoms with Crippen LogP contribution in [-0.2, 0) is 11.2 Å². The van der Waals surface area contributed by atoms with Gasteiger partial charge in [-0.2, -0.15) is 0 Å². The molecule has 1 aliphatic rings. The number of benzene rings is 1. The van der Waals surface area contributed by atoms with Crippen molar-refractivity contribution in [3.8, 4) is 11.3 Å². The monoisotopic (exact) mass is 374 g/mol. The number of anilines is 2. The molecule has 4 rings (SSSR count). The fraction of sp³-hybridized carbons (Fsp3) is 0.227. The molecule has 0 unspecified atom stereocenters. The van der Waals surface area contributed by atoms with Crippen molar-refractivity contribution < 1.29 is 9.59 Å². The number of aromatic nitrogens is 2. The Labute approximate surface area is 163 Å². The van der Waals surface area contributed by atoms with Gasteiger partial charge in [0.1, 0.15) is 0 Å². The number of hydrogen-bond acceptors (Lipinski definition) is 4. The van der Waals surface area contributed by atoms with Gasteiger partial charge in [0.25, 0.3) is 0 Å². The van der Waals surface area contributed by atoms with Crippen molar-refractivity contribution in [3.05, 3.63) is 66.1 Å². The first-order valence-corrected chi connectivity index (χ1v) is 9.26. The van der Waals surface area contributed by atoms with Crippen LogP contribution in [0.25, 0.3) is 11.3 Å². The molecule has 0 saturated heterocycles. The number of amides is 1. The van der Waals surface area contributed by atoms with E-state index in [-0.39, 0.29) is 24.0 Å². The van der Waals surface area contributed by atoms with Crippen LogP contribution in [0.1, 0.15) is 22.5 Å². The predicted molar refractivity (Wildman–Crippen MR) is 109 cm³/mol. The third kappa shape index (κ3) is 3.29. The fourth-order valence-corrected chi connectivity index (χ4v) is 3.72. The van der Waals surface area contributed by atoms with E-state index in [0.717, 1.165) is 28.3 Å². The molecule has 28 heavy (non-hydrogen) atoms. The summed E-state index contributed by atoms with van der Waals surface area (Å²) < 4.78 is 0. The number of para-hydroxylation sites is 1. The molecule has 2 aromatic heterocycles. The quantitative estimate of drug-likeness (QED) is 0.731. The van der Waals surface area contributed by atoms with Crippen molar-refractivity contribution in [1.82, 2.24) is 14.9 Å². The number of carbonyl (C=O) groups excluding carboxylic acids is 2. The topological polar surface area (TPSA) is 78.1 Å². The number of fused-ring (bicyclic) bond motifs is 1. The number of aromatic amines is 1. The molecule has 2 N–H and O–H groups in total. The van der Waals surface area contributed by atoms with Crippen LogP contribution in [0.3, 0.4) is 0 Å². The van der Waals surface area contributed by atoms with E-state index in [0.29, 0.717) is 12.0 Å². The molecule has 1 amide bonds. The molecule has 1 aliphatic carbocycles. The summed E-state index contributed by atoms with van der Waals surface area (Å²) in [6.45, 7) is 0. The van der Waals surface area contributed by atoms with Crippen LogP contribution in [0.4, 0.5) is 11.4 Å². The second-order valence-electron chi connectivity index (χ2n) is 7.22. The lowest BCUT2D eigenvalue weighted by Crippen LogP contribution is -2.35. The molecule has 0 fully saturated rings. The molecule has 0 bridgehead atoms. The highest BCUT2D eigenvalue weighted by molar-refractivity contribution is 6.09. The third-order valence-corrected chi connectivity index (χ3v) is 5.04. The van der Waals surface area contributed by atoms with Crippen LogP contribution in [0, 0.1) is 5.92 Å². The molecular formula is C22H22N4O2. The molecular weight excluding hydrogens is 352 g/mol. The van der Waals surface area contributed by atoms with E-state index >= 15 is 0 Å². The molecule has 3 aromatic rings. The van der Waals surface area contributed by atoms with Gasteiger partial charge in [-0.3, -0.25) is 14.6 Å². The van der Waals surface area contributed by atoms with E-state index in [2.05, 4.69) is 15.3 Å². The molecule has 0 spiro atoms. The minimum atomic E-state index is -0.330. The first-order valence-electron chi connectivity index (χ1n) is 9.26. The predicted octanol–water partition coefficient (Wildman–Crippen LogP) is 3.65. The minimum absolute atomic E-state index is 0.0170. The zero-order chi connectivity index (χ0) is 19.7.